The average Bonchev–Trinajstić information content (AvgIpc) is 2.61. The third kappa shape index (κ3) is 2.75. The van der Waals surface area contributed by atoms with Gasteiger partial charge in [0.1, 0.15) is 5.82 Å². The standard InChI is InChI=1S/C15H19FO2S/c16-12-3-1-2-11(8-12)6-7-15(17)9-13-4-5-14(10-15)19(13)18/h1-3,8,13-14,17H,4-7,9-10H2. The molecule has 2 nitrogen and oxygen atoms in total. The Hall–Kier alpha value is -0.740. The summed E-state index contributed by atoms with van der Waals surface area (Å²) < 4.78 is 25.1. The van der Waals surface area contributed by atoms with Gasteiger partial charge < -0.3 is 5.11 Å². The first-order valence-electron chi connectivity index (χ1n) is 6.92. The Balaban J connectivity index is 1.65. The van der Waals surface area contributed by atoms with Crippen LogP contribution in [0.1, 0.15) is 37.7 Å². The van der Waals surface area contributed by atoms with Crippen LogP contribution in [-0.2, 0) is 17.2 Å². The van der Waals surface area contributed by atoms with Crippen molar-refractivity contribution >= 4 is 10.8 Å². The molecule has 2 fully saturated rings. The number of halogens is 1. The summed E-state index contributed by atoms with van der Waals surface area (Å²) in [5.41, 5.74) is 0.221. The molecule has 104 valence electrons. The van der Waals surface area contributed by atoms with Crippen molar-refractivity contribution in [2.45, 2.75) is 54.6 Å². The van der Waals surface area contributed by atoms with Gasteiger partial charge in [0.15, 0.2) is 0 Å². The summed E-state index contributed by atoms with van der Waals surface area (Å²) >= 11 is 0. The molecule has 2 unspecified atom stereocenters. The third-order valence-corrected chi connectivity index (χ3v) is 6.57. The van der Waals surface area contributed by atoms with Crippen LogP contribution in [0.5, 0.6) is 0 Å². The van der Waals surface area contributed by atoms with E-state index in [1.807, 2.05) is 6.07 Å². The maximum Gasteiger partial charge on any atom is 0.123 e. The maximum absolute atomic E-state index is 13.1. The fourth-order valence-corrected chi connectivity index (χ4v) is 5.68. The van der Waals surface area contributed by atoms with E-state index in [9.17, 15) is 13.7 Å². The van der Waals surface area contributed by atoms with E-state index in [2.05, 4.69) is 0 Å². The first-order chi connectivity index (χ1) is 9.06. The summed E-state index contributed by atoms with van der Waals surface area (Å²) in [5, 5.41) is 11.0. The number of fused-ring (bicyclic) bond motifs is 2. The van der Waals surface area contributed by atoms with E-state index in [4.69, 9.17) is 0 Å². The lowest BCUT2D eigenvalue weighted by Gasteiger charge is -2.36. The predicted molar refractivity (Wildman–Crippen MR) is 73.9 cm³/mol. The Labute approximate surface area is 115 Å². The van der Waals surface area contributed by atoms with E-state index in [1.165, 1.54) is 12.1 Å². The number of benzene rings is 1. The van der Waals surface area contributed by atoms with Crippen LogP contribution in [0.25, 0.3) is 0 Å². The molecule has 1 N–H and O–H groups in total. The van der Waals surface area contributed by atoms with Crippen molar-refractivity contribution in [1.82, 2.24) is 0 Å². The SMILES string of the molecule is O=S1C2CCC1CC(O)(CCc1cccc(F)c1)C2. The third-order valence-electron chi connectivity index (χ3n) is 4.45. The number of hydrogen-bond donors (Lipinski definition) is 1. The Bertz CT molecular complexity index is 487. The summed E-state index contributed by atoms with van der Waals surface area (Å²) in [6.07, 6.45) is 4.58. The minimum atomic E-state index is -0.737. The molecule has 2 atom stereocenters. The van der Waals surface area contributed by atoms with Crippen LogP contribution in [-0.4, -0.2) is 25.4 Å². The highest BCUT2D eigenvalue weighted by molar-refractivity contribution is 7.86. The van der Waals surface area contributed by atoms with Gasteiger partial charge in [0.25, 0.3) is 0 Å². The summed E-state index contributed by atoms with van der Waals surface area (Å²) in [5.74, 6) is -0.227. The lowest BCUT2D eigenvalue weighted by atomic mass is 9.87. The average molecular weight is 282 g/mol. The minimum Gasteiger partial charge on any atom is -0.390 e. The number of aryl methyl sites for hydroxylation is 1. The highest BCUT2D eigenvalue weighted by Crippen LogP contribution is 2.42. The largest absolute Gasteiger partial charge is 0.390 e. The molecular weight excluding hydrogens is 263 g/mol. The van der Waals surface area contributed by atoms with Gasteiger partial charge >= 0.3 is 0 Å². The molecule has 0 aliphatic carbocycles. The molecule has 19 heavy (non-hydrogen) atoms. The zero-order valence-corrected chi connectivity index (χ0v) is 11.7. The minimum absolute atomic E-state index is 0.177. The lowest BCUT2D eigenvalue weighted by molar-refractivity contribution is 0.0146. The van der Waals surface area contributed by atoms with Crippen molar-refractivity contribution in [3.05, 3.63) is 35.6 Å². The molecule has 2 saturated heterocycles. The fourth-order valence-electron chi connectivity index (χ4n) is 3.45. The summed E-state index contributed by atoms with van der Waals surface area (Å²) in [6, 6.07) is 6.55. The Morgan fingerprint density at radius 2 is 2.00 bits per heavy atom. The molecule has 0 spiro atoms. The van der Waals surface area contributed by atoms with E-state index < -0.39 is 16.4 Å². The zero-order chi connectivity index (χ0) is 13.5. The van der Waals surface area contributed by atoms with Crippen molar-refractivity contribution in [3.8, 4) is 0 Å². The highest BCUT2D eigenvalue weighted by Gasteiger charge is 2.47. The van der Waals surface area contributed by atoms with Crippen molar-refractivity contribution in [1.29, 1.82) is 0 Å². The molecule has 2 bridgehead atoms. The van der Waals surface area contributed by atoms with Crippen LogP contribution >= 0.6 is 0 Å². The van der Waals surface area contributed by atoms with Crippen molar-refractivity contribution < 1.29 is 13.7 Å². The molecule has 3 rings (SSSR count). The first kappa shape index (κ1) is 13.3. The van der Waals surface area contributed by atoms with Crippen LogP contribution in [0, 0.1) is 5.82 Å². The Morgan fingerprint density at radius 3 is 2.63 bits per heavy atom. The number of rotatable bonds is 3. The van der Waals surface area contributed by atoms with Crippen LogP contribution in [0.4, 0.5) is 4.39 Å². The van der Waals surface area contributed by atoms with Crippen LogP contribution < -0.4 is 0 Å². The van der Waals surface area contributed by atoms with Gasteiger partial charge in [0, 0.05) is 21.3 Å². The second-order valence-electron chi connectivity index (χ2n) is 5.91. The molecule has 0 aromatic heterocycles. The van der Waals surface area contributed by atoms with Gasteiger partial charge in [-0.3, -0.25) is 4.21 Å². The van der Waals surface area contributed by atoms with Gasteiger partial charge in [0.2, 0.25) is 0 Å². The van der Waals surface area contributed by atoms with E-state index in [0.29, 0.717) is 25.7 Å². The molecule has 1 aromatic carbocycles. The monoisotopic (exact) mass is 282 g/mol. The quantitative estimate of drug-likeness (QED) is 0.925. The maximum atomic E-state index is 13.1. The lowest BCUT2D eigenvalue weighted by Crippen LogP contribution is -2.42. The van der Waals surface area contributed by atoms with Crippen LogP contribution in [0.3, 0.4) is 0 Å². The summed E-state index contributed by atoms with van der Waals surface area (Å²) in [7, 11) is -0.737. The molecule has 2 aliphatic rings. The number of hydrogen-bond acceptors (Lipinski definition) is 2. The van der Waals surface area contributed by atoms with Gasteiger partial charge in [0.05, 0.1) is 5.60 Å². The van der Waals surface area contributed by atoms with Gasteiger partial charge in [-0.2, -0.15) is 0 Å². The zero-order valence-electron chi connectivity index (χ0n) is 10.8. The fraction of sp³-hybridized carbons (Fsp3) is 0.600. The van der Waals surface area contributed by atoms with Crippen LogP contribution in [0.2, 0.25) is 0 Å². The summed E-state index contributed by atoms with van der Waals surface area (Å²) in [6.45, 7) is 0. The van der Waals surface area contributed by atoms with E-state index >= 15 is 0 Å². The van der Waals surface area contributed by atoms with Crippen molar-refractivity contribution in [2.24, 2.45) is 0 Å². The van der Waals surface area contributed by atoms with Gasteiger partial charge in [-0.15, -0.1) is 0 Å². The molecule has 4 heteroatoms. The Morgan fingerprint density at radius 1 is 1.32 bits per heavy atom. The predicted octanol–water partition coefficient (Wildman–Crippen LogP) is 2.56. The molecule has 2 aliphatic heterocycles. The topological polar surface area (TPSA) is 37.3 Å². The van der Waals surface area contributed by atoms with Crippen LogP contribution in [0.15, 0.2) is 24.3 Å². The molecule has 1 aromatic rings. The second-order valence-corrected chi connectivity index (χ2v) is 7.90. The Kier molecular flexibility index (Phi) is 3.48. The van der Waals surface area contributed by atoms with E-state index in [1.54, 1.807) is 6.07 Å². The highest BCUT2D eigenvalue weighted by atomic mass is 32.2. The number of aliphatic hydroxyl groups is 1. The summed E-state index contributed by atoms with van der Waals surface area (Å²) in [4.78, 5) is 0. The normalized spacial score (nSPS) is 37.5. The molecular formula is C15H19FO2S. The molecule has 2 heterocycles. The van der Waals surface area contributed by atoms with Gasteiger partial charge in [-0.1, -0.05) is 12.1 Å². The van der Waals surface area contributed by atoms with E-state index in [-0.39, 0.29) is 16.3 Å². The van der Waals surface area contributed by atoms with Crippen molar-refractivity contribution in [2.75, 3.05) is 0 Å². The van der Waals surface area contributed by atoms with Gasteiger partial charge in [-0.25, -0.2) is 4.39 Å². The first-order valence-corrected chi connectivity index (χ1v) is 8.20. The second kappa shape index (κ2) is 4.98. The molecule has 0 amide bonds. The van der Waals surface area contributed by atoms with E-state index in [0.717, 1.165) is 18.4 Å². The smallest absolute Gasteiger partial charge is 0.123 e. The van der Waals surface area contributed by atoms with Crippen molar-refractivity contribution in [3.63, 3.8) is 0 Å². The molecule has 0 saturated carbocycles. The molecule has 0 radical (unpaired) electrons. The van der Waals surface area contributed by atoms with Gasteiger partial charge in [-0.05, 0) is 56.2 Å².